The second-order valence-corrected chi connectivity index (χ2v) is 9.61. The van der Waals surface area contributed by atoms with Gasteiger partial charge in [0.15, 0.2) is 11.6 Å². The normalized spacial score (nSPS) is 11.8. The van der Waals surface area contributed by atoms with Crippen LogP contribution in [0.5, 0.6) is 11.5 Å². The number of carbonyl (C=O) groups is 1. The number of aryl methyl sites for hydroxylation is 1. The Kier molecular flexibility index (Phi) is 7.40. The number of carbonyl (C=O) groups excluding carboxylic acids is 1. The van der Waals surface area contributed by atoms with Crippen LogP contribution >= 0.6 is 11.6 Å². The summed E-state index contributed by atoms with van der Waals surface area (Å²) in [6.45, 7) is 2.87. The molecular formula is C27H20ClF5N4O3. The molecule has 0 aliphatic heterocycles. The summed E-state index contributed by atoms with van der Waals surface area (Å²) in [5, 5.41) is 16.8. The fraction of sp³-hybridized carbons (Fsp3) is 0.185. The van der Waals surface area contributed by atoms with Gasteiger partial charge < -0.3 is 20.9 Å². The highest BCUT2D eigenvalue weighted by Crippen LogP contribution is 2.43. The molecule has 40 heavy (non-hydrogen) atoms. The number of halogens is 6. The van der Waals surface area contributed by atoms with Crippen LogP contribution in [0.2, 0.25) is 5.02 Å². The fourth-order valence-electron chi connectivity index (χ4n) is 3.75. The second-order valence-electron chi connectivity index (χ2n) is 9.20. The summed E-state index contributed by atoms with van der Waals surface area (Å²) in [4.78, 5) is 13.1. The molecule has 0 aliphatic rings. The number of nitrogens with two attached hydrogens (primary N) is 1. The van der Waals surface area contributed by atoms with Gasteiger partial charge in [-0.2, -0.15) is 18.3 Å². The van der Waals surface area contributed by atoms with Gasteiger partial charge >= 0.3 is 6.18 Å². The van der Waals surface area contributed by atoms with Crippen molar-refractivity contribution >= 4 is 39.9 Å². The largest absolute Gasteiger partial charge is 0.453 e. The average Bonchev–Trinajstić information content (AvgIpc) is 3.14. The van der Waals surface area contributed by atoms with Crippen molar-refractivity contribution in [3.05, 3.63) is 75.8 Å². The van der Waals surface area contributed by atoms with Gasteiger partial charge in [-0.1, -0.05) is 23.4 Å². The lowest BCUT2D eigenvalue weighted by atomic mass is 10.0. The van der Waals surface area contributed by atoms with Crippen LogP contribution in [0.15, 0.2) is 42.5 Å². The molecule has 0 radical (unpaired) electrons. The Balaban J connectivity index is 1.95. The number of rotatable bonds is 4. The van der Waals surface area contributed by atoms with Crippen LogP contribution in [0.25, 0.3) is 10.9 Å². The molecule has 4 N–H and O–H groups in total. The first-order valence-corrected chi connectivity index (χ1v) is 11.8. The topological polar surface area (TPSA) is 102 Å². The first-order chi connectivity index (χ1) is 18.5. The molecule has 4 aromatic rings. The summed E-state index contributed by atoms with van der Waals surface area (Å²) in [6.07, 6.45) is -4.91. The number of ether oxygens (including phenoxy) is 1. The lowest BCUT2D eigenvalue weighted by Gasteiger charge is -2.17. The van der Waals surface area contributed by atoms with Gasteiger partial charge in [-0.15, -0.1) is 0 Å². The van der Waals surface area contributed by atoms with Crippen LogP contribution in [-0.4, -0.2) is 26.4 Å². The molecule has 13 heteroatoms. The van der Waals surface area contributed by atoms with E-state index in [1.807, 2.05) is 0 Å². The number of aliphatic hydroxyl groups is 1. The monoisotopic (exact) mass is 578 g/mol. The maximum Gasteiger partial charge on any atom is 0.416 e. The molecule has 0 bridgehead atoms. The maximum absolute atomic E-state index is 14.0. The van der Waals surface area contributed by atoms with Crippen molar-refractivity contribution < 1.29 is 36.6 Å². The van der Waals surface area contributed by atoms with Crippen LogP contribution in [-0.2, 0) is 13.2 Å². The van der Waals surface area contributed by atoms with Gasteiger partial charge in [-0.25, -0.2) is 8.78 Å². The summed E-state index contributed by atoms with van der Waals surface area (Å²) < 4.78 is 75.0. The number of hydrogen-bond acceptors (Lipinski definition) is 5. The molecule has 7 nitrogen and oxygen atoms in total. The SMILES string of the molecule is Cn1nc(N)c2c(Oc3cc(F)ccc3Cl)c(NC(=O)c3cc(F)cc(C(F)(F)F)c3)cc(C#CC(C)(C)O)c21. The molecule has 0 spiro atoms. The maximum atomic E-state index is 14.0. The lowest BCUT2D eigenvalue weighted by molar-refractivity contribution is -0.137. The van der Waals surface area contributed by atoms with Crippen molar-refractivity contribution in [1.82, 2.24) is 9.78 Å². The Labute approximate surface area is 229 Å². The number of nitrogen functional groups attached to an aromatic ring is 1. The van der Waals surface area contributed by atoms with Crippen LogP contribution < -0.4 is 15.8 Å². The van der Waals surface area contributed by atoms with E-state index in [1.165, 1.54) is 37.7 Å². The lowest BCUT2D eigenvalue weighted by Crippen LogP contribution is -2.16. The van der Waals surface area contributed by atoms with E-state index in [0.29, 0.717) is 17.6 Å². The van der Waals surface area contributed by atoms with Crippen LogP contribution in [0.4, 0.5) is 33.5 Å². The van der Waals surface area contributed by atoms with Gasteiger partial charge in [0.2, 0.25) is 0 Å². The van der Waals surface area contributed by atoms with Crippen molar-refractivity contribution in [3.63, 3.8) is 0 Å². The number of hydrogen-bond donors (Lipinski definition) is 3. The van der Waals surface area contributed by atoms with E-state index in [4.69, 9.17) is 22.1 Å². The third-order valence-electron chi connectivity index (χ3n) is 5.43. The number of aromatic nitrogens is 2. The number of nitrogens with one attached hydrogen (secondary N) is 1. The molecular weight excluding hydrogens is 559 g/mol. The highest BCUT2D eigenvalue weighted by Gasteiger charge is 2.32. The van der Waals surface area contributed by atoms with Crippen molar-refractivity contribution in [3.8, 4) is 23.3 Å². The standard InChI is InChI=1S/C27H20ClF5N4O3/c1-26(2,39)7-6-13-10-19(35-25(38)14-8-15(27(31,32)33)11-17(30)9-14)23(21-22(13)37(3)36-24(21)34)40-20-12-16(29)4-5-18(20)28/h4-5,8-12,39H,1-3H3,(H2,34,36)(H,35,38). The van der Waals surface area contributed by atoms with E-state index in [-0.39, 0.29) is 45.0 Å². The Bertz CT molecular complexity index is 1720. The number of anilines is 2. The van der Waals surface area contributed by atoms with E-state index in [9.17, 15) is 31.9 Å². The molecule has 0 aliphatic carbocycles. The van der Waals surface area contributed by atoms with Crippen molar-refractivity contribution in [2.45, 2.75) is 25.6 Å². The minimum absolute atomic E-state index is 0.0138. The number of alkyl halides is 3. The molecule has 3 aromatic carbocycles. The second kappa shape index (κ2) is 10.3. The van der Waals surface area contributed by atoms with Gasteiger partial charge in [0.05, 0.1) is 32.7 Å². The number of fused-ring (bicyclic) bond motifs is 1. The Morgan fingerprint density at radius 1 is 1.12 bits per heavy atom. The minimum atomic E-state index is -4.91. The predicted molar refractivity (Wildman–Crippen MR) is 139 cm³/mol. The third kappa shape index (κ3) is 6.11. The van der Waals surface area contributed by atoms with Gasteiger partial charge in [0, 0.05) is 18.7 Å². The number of amides is 1. The fourth-order valence-corrected chi connectivity index (χ4v) is 3.91. The molecule has 0 unspecified atom stereocenters. The van der Waals surface area contributed by atoms with Gasteiger partial charge in [-0.05, 0) is 50.2 Å². The van der Waals surface area contributed by atoms with E-state index in [0.717, 1.165) is 12.1 Å². The van der Waals surface area contributed by atoms with Gasteiger partial charge in [0.25, 0.3) is 5.91 Å². The van der Waals surface area contributed by atoms with Crippen LogP contribution in [0.3, 0.4) is 0 Å². The van der Waals surface area contributed by atoms with Gasteiger partial charge in [0.1, 0.15) is 23.0 Å². The highest BCUT2D eigenvalue weighted by molar-refractivity contribution is 6.32. The zero-order valence-electron chi connectivity index (χ0n) is 21.0. The molecule has 0 fully saturated rings. The molecule has 1 aromatic heterocycles. The van der Waals surface area contributed by atoms with Crippen molar-refractivity contribution in [2.75, 3.05) is 11.1 Å². The third-order valence-corrected chi connectivity index (χ3v) is 5.75. The molecule has 0 saturated carbocycles. The van der Waals surface area contributed by atoms with Crippen LogP contribution in [0.1, 0.15) is 35.3 Å². The molecule has 4 rings (SSSR count). The van der Waals surface area contributed by atoms with Crippen molar-refractivity contribution in [2.24, 2.45) is 7.05 Å². The summed E-state index contributed by atoms with van der Waals surface area (Å²) in [5.41, 5.74) is 2.99. The number of nitrogens with zero attached hydrogens (tertiary/aromatic N) is 2. The molecule has 1 amide bonds. The Hall–Kier alpha value is -4.34. The van der Waals surface area contributed by atoms with E-state index in [1.54, 1.807) is 0 Å². The van der Waals surface area contributed by atoms with Gasteiger partial charge in [-0.3, -0.25) is 9.48 Å². The molecule has 0 saturated heterocycles. The molecule has 208 valence electrons. The summed E-state index contributed by atoms with van der Waals surface area (Å²) in [5.74, 6) is 1.79. The Morgan fingerprint density at radius 3 is 2.48 bits per heavy atom. The Morgan fingerprint density at radius 2 is 1.82 bits per heavy atom. The first kappa shape index (κ1) is 28.7. The predicted octanol–water partition coefficient (Wildman–Crippen LogP) is 6.27. The number of benzene rings is 3. The van der Waals surface area contributed by atoms with E-state index >= 15 is 0 Å². The minimum Gasteiger partial charge on any atom is -0.453 e. The van der Waals surface area contributed by atoms with Crippen LogP contribution in [0, 0.1) is 23.5 Å². The summed E-state index contributed by atoms with van der Waals surface area (Å²) >= 11 is 6.18. The first-order valence-electron chi connectivity index (χ1n) is 11.4. The zero-order chi connectivity index (χ0) is 29.6. The summed E-state index contributed by atoms with van der Waals surface area (Å²) in [7, 11) is 1.54. The smallest absolute Gasteiger partial charge is 0.416 e. The molecule has 1 heterocycles. The van der Waals surface area contributed by atoms with E-state index in [2.05, 4.69) is 22.3 Å². The zero-order valence-corrected chi connectivity index (χ0v) is 21.8. The quantitative estimate of drug-likeness (QED) is 0.196. The summed E-state index contributed by atoms with van der Waals surface area (Å²) in [6, 6.07) is 5.94. The van der Waals surface area contributed by atoms with E-state index < -0.39 is 40.4 Å². The molecule has 0 atom stereocenters. The average molecular weight is 579 g/mol. The highest BCUT2D eigenvalue weighted by atomic mass is 35.5. The van der Waals surface area contributed by atoms with Crippen molar-refractivity contribution in [1.29, 1.82) is 0 Å².